The third-order valence-corrected chi connectivity index (χ3v) is 5.56. The van der Waals surface area contributed by atoms with E-state index in [0.717, 1.165) is 0 Å². The van der Waals surface area contributed by atoms with Crippen LogP contribution in [0.1, 0.15) is 12.1 Å². The largest absolute Gasteiger partial charge is 0.364 e. The Hall–Kier alpha value is -2.50. The Kier molecular flexibility index (Phi) is 4.23. The lowest BCUT2D eigenvalue weighted by molar-refractivity contribution is 0.474. The molecular weight excluding hydrogens is 314 g/mol. The van der Waals surface area contributed by atoms with E-state index in [1.165, 1.54) is 16.7 Å². The third-order valence-electron chi connectivity index (χ3n) is 3.68. The summed E-state index contributed by atoms with van der Waals surface area (Å²) in [7, 11) is -3.49. The summed E-state index contributed by atoms with van der Waals surface area (Å²) >= 11 is 0. The van der Waals surface area contributed by atoms with E-state index in [9.17, 15) is 8.42 Å². The van der Waals surface area contributed by atoms with Gasteiger partial charge in [-0.05, 0) is 18.6 Å². The maximum Gasteiger partial charge on any atom is 0.243 e. The molecule has 1 aliphatic rings. The summed E-state index contributed by atoms with van der Waals surface area (Å²) in [5, 5.41) is 12.1. The van der Waals surface area contributed by atoms with Crippen molar-refractivity contribution in [2.24, 2.45) is 0 Å². The van der Waals surface area contributed by atoms with E-state index >= 15 is 0 Å². The van der Waals surface area contributed by atoms with Crippen molar-refractivity contribution in [1.82, 2.24) is 14.3 Å². The third kappa shape index (κ3) is 3.16. The molecule has 1 saturated heterocycles. The van der Waals surface area contributed by atoms with Crippen molar-refractivity contribution in [3.8, 4) is 6.07 Å². The van der Waals surface area contributed by atoms with Gasteiger partial charge in [-0.25, -0.2) is 18.4 Å². The second-order valence-corrected chi connectivity index (χ2v) is 7.11. The summed E-state index contributed by atoms with van der Waals surface area (Å²) in [4.78, 5) is 8.32. The molecule has 2 aromatic rings. The molecule has 0 amide bonds. The van der Waals surface area contributed by atoms with Crippen LogP contribution in [0.15, 0.2) is 47.6 Å². The van der Waals surface area contributed by atoms with Crippen molar-refractivity contribution in [2.45, 2.75) is 17.4 Å². The molecule has 2 heterocycles. The SMILES string of the molecule is N#Cc1nccnc1N[C@H]1CCN(S(=O)(=O)c2ccccc2)C1. The lowest BCUT2D eigenvalue weighted by atomic mass is 10.2. The van der Waals surface area contributed by atoms with Gasteiger partial charge in [0.05, 0.1) is 4.90 Å². The lowest BCUT2D eigenvalue weighted by Crippen LogP contribution is -2.32. The van der Waals surface area contributed by atoms with Gasteiger partial charge in [-0.15, -0.1) is 0 Å². The highest BCUT2D eigenvalue weighted by molar-refractivity contribution is 7.89. The van der Waals surface area contributed by atoms with Crippen LogP contribution in [0.3, 0.4) is 0 Å². The quantitative estimate of drug-likeness (QED) is 0.905. The molecule has 3 rings (SSSR count). The van der Waals surface area contributed by atoms with Crippen LogP contribution in [-0.2, 0) is 10.0 Å². The van der Waals surface area contributed by atoms with E-state index in [2.05, 4.69) is 15.3 Å². The molecule has 0 spiro atoms. The second-order valence-electron chi connectivity index (χ2n) is 5.17. The normalized spacial score (nSPS) is 18.5. The molecule has 8 heteroatoms. The zero-order valence-electron chi connectivity index (χ0n) is 12.3. The summed E-state index contributed by atoms with van der Waals surface area (Å²) in [6.45, 7) is 0.760. The van der Waals surface area contributed by atoms with Gasteiger partial charge in [0.2, 0.25) is 10.0 Å². The van der Waals surface area contributed by atoms with Crippen molar-refractivity contribution >= 4 is 15.8 Å². The molecule has 1 N–H and O–H groups in total. The van der Waals surface area contributed by atoms with Crippen molar-refractivity contribution in [3.05, 3.63) is 48.4 Å². The van der Waals surface area contributed by atoms with E-state index < -0.39 is 10.0 Å². The lowest BCUT2D eigenvalue weighted by Gasteiger charge is -2.17. The fraction of sp³-hybridized carbons (Fsp3) is 0.267. The average Bonchev–Trinajstić information content (AvgIpc) is 3.05. The first-order valence-electron chi connectivity index (χ1n) is 7.14. The highest BCUT2D eigenvalue weighted by atomic mass is 32.2. The van der Waals surface area contributed by atoms with E-state index in [1.807, 2.05) is 6.07 Å². The van der Waals surface area contributed by atoms with E-state index in [1.54, 1.807) is 30.3 Å². The molecule has 118 valence electrons. The standard InChI is InChI=1S/C15H15N5O2S/c16-10-14-15(18-8-7-17-14)19-12-6-9-20(11-12)23(21,22)13-4-2-1-3-5-13/h1-5,7-8,12H,6,9,11H2,(H,18,19)/t12-/m0/s1. The van der Waals surface area contributed by atoms with E-state index in [4.69, 9.17) is 5.26 Å². The maximum atomic E-state index is 12.6. The van der Waals surface area contributed by atoms with Gasteiger partial charge in [0.1, 0.15) is 6.07 Å². The number of anilines is 1. The average molecular weight is 329 g/mol. The number of nitrogens with zero attached hydrogens (tertiary/aromatic N) is 4. The fourth-order valence-electron chi connectivity index (χ4n) is 2.52. The zero-order chi connectivity index (χ0) is 16.3. The molecule has 1 atom stereocenters. The van der Waals surface area contributed by atoms with Crippen LogP contribution in [0.5, 0.6) is 0 Å². The molecule has 1 aromatic heterocycles. The Balaban J connectivity index is 1.73. The van der Waals surface area contributed by atoms with Crippen molar-refractivity contribution in [1.29, 1.82) is 5.26 Å². The van der Waals surface area contributed by atoms with Gasteiger partial charge >= 0.3 is 0 Å². The highest BCUT2D eigenvalue weighted by Crippen LogP contribution is 2.22. The molecule has 0 aliphatic carbocycles. The molecule has 0 radical (unpaired) electrons. The number of nitriles is 1. The van der Waals surface area contributed by atoms with Gasteiger partial charge in [0.25, 0.3) is 0 Å². The summed E-state index contributed by atoms with van der Waals surface area (Å²) in [5.41, 5.74) is 0.205. The first kappa shape index (κ1) is 15.4. The van der Waals surface area contributed by atoms with E-state index in [-0.39, 0.29) is 16.6 Å². The molecule has 23 heavy (non-hydrogen) atoms. The molecule has 1 fully saturated rings. The number of hydrogen-bond donors (Lipinski definition) is 1. The van der Waals surface area contributed by atoms with Crippen molar-refractivity contribution in [2.75, 3.05) is 18.4 Å². The van der Waals surface area contributed by atoms with Crippen LogP contribution in [0.2, 0.25) is 0 Å². The molecule has 0 saturated carbocycles. The molecule has 7 nitrogen and oxygen atoms in total. The molecular formula is C15H15N5O2S. The molecule has 0 bridgehead atoms. The summed E-state index contributed by atoms with van der Waals surface area (Å²) < 4.78 is 26.6. The number of nitrogens with one attached hydrogen (secondary N) is 1. The Morgan fingerprint density at radius 1 is 1.22 bits per heavy atom. The van der Waals surface area contributed by atoms with Crippen LogP contribution >= 0.6 is 0 Å². The number of aromatic nitrogens is 2. The van der Waals surface area contributed by atoms with Gasteiger partial charge < -0.3 is 5.32 Å². The highest BCUT2D eigenvalue weighted by Gasteiger charge is 2.32. The first-order chi connectivity index (χ1) is 11.1. The number of sulfonamides is 1. The monoisotopic (exact) mass is 329 g/mol. The van der Waals surface area contributed by atoms with Crippen LogP contribution in [0, 0.1) is 11.3 Å². The van der Waals surface area contributed by atoms with Gasteiger partial charge in [0, 0.05) is 31.5 Å². The molecule has 1 aliphatic heterocycles. The summed E-state index contributed by atoms with van der Waals surface area (Å²) in [5.74, 6) is 0.388. The van der Waals surface area contributed by atoms with Crippen LogP contribution in [-0.4, -0.2) is 41.8 Å². The van der Waals surface area contributed by atoms with Gasteiger partial charge in [-0.2, -0.15) is 9.57 Å². The molecule has 1 aromatic carbocycles. The van der Waals surface area contributed by atoms with E-state index in [0.29, 0.717) is 25.3 Å². The fourth-order valence-corrected chi connectivity index (χ4v) is 4.05. The number of hydrogen-bond acceptors (Lipinski definition) is 6. The second kappa shape index (κ2) is 6.32. The number of benzene rings is 1. The smallest absolute Gasteiger partial charge is 0.243 e. The van der Waals surface area contributed by atoms with Crippen molar-refractivity contribution in [3.63, 3.8) is 0 Å². The maximum absolute atomic E-state index is 12.6. The Morgan fingerprint density at radius 2 is 1.96 bits per heavy atom. The zero-order valence-corrected chi connectivity index (χ0v) is 13.1. The summed E-state index contributed by atoms with van der Waals surface area (Å²) in [6, 6.07) is 10.2. The minimum atomic E-state index is -3.49. The van der Waals surface area contributed by atoms with Crippen molar-refractivity contribution < 1.29 is 8.42 Å². The van der Waals surface area contributed by atoms with Gasteiger partial charge in [0.15, 0.2) is 11.5 Å². The Morgan fingerprint density at radius 3 is 2.70 bits per heavy atom. The predicted octanol–water partition coefficient (Wildman–Crippen LogP) is 1.22. The summed E-state index contributed by atoms with van der Waals surface area (Å²) in [6.07, 6.45) is 3.59. The molecule has 0 unspecified atom stereocenters. The minimum Gasteiger partial charge on any atom is -0.364 e. The minimum absolute atomic E-state index is 0.0997. The van der Waals surface area contributed by atoms with Gasteiger partial charge in [-0.3, -0.25) is 0 Å². The van der Waals surface area contributed by atoms with Crippen LogP contribution < -0.4 is 5.32 Å². The Labute approximate surface area is 134 Å². The first-order valence-corrected chi connectivity index (χ1v) is 8.58. The Bertz CT molecular complexity index is 832. The van der Waals surface area contributed by atoms with Gasteiger partial charge in [-0.1, -0.05) is 18.2 Å². The van der Waals surface area contributed by atoms with Crippen LogP contribution in [0.4, 0.5) is 5.82 Å². The number of rotatable bonds is 4. The van der Waals surface area contributed by atoms with Crippen LogP contribution in [0.25, 0.3) is 0 Å². The predicted molar refractivity (Wildman–Crippen MR) is 84.0 cm³/mol. The topological polar surface area (TPSA) is 99.0 Å².